The monoisotopic (exact) mass is 316 g/mol. The molecule has 1 aromatic heterocycles. The molecule has 4 nitrogen and oxygen atoms in total. The number of rotatable bonds is 2. The summed E-state index contributed by atoms with van der Waals surface area (Å²) in [5.41, 5.74) is 1.19. The number of ether oxygens (including phenoxy) is 1. The first kappa shape index (κ1) is 15.8. The second-order valence-electron chi connectivity index (χ2n) is 5.20. The van der Waals surface area contributed by atoms with Gasteiger partial charge >= 0.3 is 0 Å². The molecule has 0 bridgehead atoms. The lowest BCUT2D eigenvalue weighted by Crippen LogP contribution is -2.52. The van der Waals surface area contributed by atoms with Crippen molar-refractivity contribution in [2.75, 3.05) is 26.2 Å². The molecule has 2 aliphatic rings. The highest BCUT2D eigenvalue weighted by atomic mass is 35.5. The largest absolute Gasteiger partial charge is 0.370 e. The fraction of sp³-hybridized carbons (Fsp3) is 0.643. The van der Waals surface area contributed by atoms with Crippen LogP contribution in [0.1, 0.15) is 30.9 Å². The van der Waals surface area contributed by atoms with Gasteiger partial charge in [0.15, 0.2) is 0 Å². The number of piperidine rings is 1. The summed E-state index contributed by atoms with van der Waals surface area (Å²) in [5.74, 6) is 0.253. The van der Waals surface area contributed by atoms with Crippen molar-refractivity contribution in [1.29, 1.82) is 0 Å². The second-order valence-corrected chi connectivity index (χ2v) is 5.98. The first-order valence-corrected chi connectivity index (χ1v) is 7.95. The van der Waals surface area contributed by atoms with Crippen LogP contribution in [0, 0.1) is 0 Å². The number of thiophene rings is 1. The highest BCUT2D eigenvalue weighted by molar-refractivity contribution is 7.07. The van der Waals surface area contributed by atoms with Gasteiger partial charge in [0, 0.05) is 6.54 Å². The Balaban J connectivity index is 0.00000147. The molecule has 0 aromatic carbocycles. The number of amides is 1. The summed E-state index contributed by atoms with van der Waals surface area (Å²) in [6, 6.07) is 2.11. The van der Waals surface area contributed by atoms with Gasteiger partial charge in [0.2, 0.25) is 5.91 Å². The normalized spacial score (nSPS) is 26.9. The standard InChI is InChI=1S/C14H20N2O2S.ClH/c17-14(12-3-1-2-5-15-12)16-6-7-18-13(9-16)11-4-8-19-10-11;/h4,8,10,12-13,15H,1-3,5-7,9H2;1H. The van der Waals surface area contributed by atoms with Gasteiger partial charge in [-0.2, -0.15) is 11.3 Å². The van der Waals surface area contributed by atoms with Gasteiger partial charge in [-0.3, -0.25) is 4.79 Å². The molecule has 2 fully saturated rings. The molecule has 2 aliphatic heterocycles. The Bertz CT molecular complexity index is 421. The van der Waals surface area contributed by atoms with Gasteiger partial charge < -0.3 is 15.0 Å². The zero-order valence-corrected chi connectivity index (χ0v) is 13.0. The summed E-state index contributed by atoms with van der Waals surface area (Å²) in [6.07, 6.45) is 3.36. The predicted octanol–water partition coefficient (Wildman–Crippen LogP) is 2.21. The first-order chi connectivity index (χ1) is 9.34. The van der Waals surface area contributed by atoms with E-state index in [9.17, 15) is 4.79 Å². The van der Waals surface area contributed by atoms with Crippen molar-refractivity contribution in [3.05, 3.63) is 22.4 Å². The topological polar surface area (TPSA) is 41.6 Å². The third-order valence-electron chi connectivity index (χ3n) is 3.90. The lowest BCUT2D eigenvalue weighted by Gasteiger charge is -2.36. The number of morpholine rings is 1. The minimum Gasteiger partial charge on any atom is -0.370 e. The average molecular weight is 317 g/mol. The maximum Gasteiger partial charge on any atom is 0.239 e. The minimum atomic E-state index is 0. The number of nitrogens with one attached hydrogen (secondary N) is 1. The van der Waals surface area contributed by atoms with E-state index in [0.717, 1.165) is 25.9 Å². The lowest BCUT2D eigenvalue weighted by atomic mass is 10.0. The molecule has 6 heteroatoms. The first-order valence-electron chi connectivity index (χ1n) is 7.00. The van der Waals surface area contributed by atoms with Crippen LogP contribution >= 0.6 is 23.7 Å². The Kier molecular flexibility index (Phi) is 5.84. The maximum absolute atomic E-state index is 12.5. The van der Waals surface area contributed by atoms with E-state index in [0.29, 0.717) is 13.2 Å². The molecule has 0 aliphatic carbocycles. The van der Waals surface area contributed by atoms with Crippen LogP contribution in [0.25, 0.3) is 0 Å². The van der Waals surface area contributed by atoms with Crippen molar-refractivity contribution in [1.82, 2.24) is 10.2 Å². The molecule has 20 heavy (non-hydrogen) atoms. The average Bonchev–Trinajstić information content (AvgIpc) is 3.02. The Morgan fingerprint density at radius 3 is 3.05 bits per heavy atom. The van der Waals surface area contributed by atoms with Crippen molar-refractivity contribution in [2.45, 2.75) is 31.4 Å². The van der Waals surface area contributed by atoms with Crippen molar-refractivity contribution >= 4 is 29.7 Å². The molecule has 1 N–H and O–H groups in total. The summed E-state index contributed by atoms with van der Waals surface area (Å²) < 4.78 is 5.78. The molecule has 2 atom stereocenters. The Morgan fingerprint density at radius 2 is 2.35 bits per heavy atom. The van der Waals surface area contributed by atoms with Gasteiger partial charge in [-0.05, 0) is 41.8 Å². The fourth-order valence-corrected chi connectivity index (χ4v) is 3.49. The number of hydrogen-bond donors (Lipinski definition) is 1. The van der Waals surface area contributed by atoms with Crippen molar-refractivity contribution in [3.63, 3.8) is 0 Å². The number of carbonyl (C=O) groups excluding carboxylic acids is 1. The second kappa shape index (κ2) is 7.41. The van der Waals surface area contributed by atoms with E-state index in [1.54, 1.807) is 11.3 Å². The van der Waals surface area contributed by atoms with Crippen LogP contribution in [-0.2, 0) is 9.53 Å². The van der Waals surface area contributed by atoms with Gasteiger partial charge in [0.25, 0.3) is 0 Å². The van der Waals surface area contributed by atoms with E-state index >= 15 is 0 Å². The molecule has 112 valence electrons. The molecule has 0 radical (unpaired) electrons. The predicted molar refractivity (Wildman–Crippen MR) is 82.5 cm³/mol. The van der Waals surface area contributed by atoms with E-state index in [2.05, 4.69) is 22.1 Å². The SMILES string of the molecule is Cl.O=C(C1CCCCN1)N1CCOC(c2ccsc2)C1. The van der Waals surface area contributed by atoms with Crippen LogP contribution < -0.4 is 5.32 Å². The third kappa shape index (κ3) is 3.52. The van der Waals surface area contributed by atoms with E-state index < -0.39 is 0 Å². The summed E-state index contributed by atoms with van der Waals surface area (Å²) in [5, 5.41) is 7.50. The smallest absolute Gasteiger partial charge is 0.239 e. The number of nitrogens with zero attached hydrogens (tertiary/aromatic N) is 1. The summed E-state index contributed by atoms with van der Waals surface area (Å²) >= 11 is 1.68. The van der Waals surface area contributed by atoms with E-state index in [1.807, 2.05) is 4.90 Å². The zero-order chi connectivity index (χ0) is 13.1. The van der Waals surface area contributed by atoms with Crippen molar-refractivity contribution < 1.29 is 9.53 Å². The number of hydrogen-bond acceptors (Lipinski definition) is 4. The minimum absolute atomic E-state index is 0. The molecule has 1 amide bonds. The van der Waals surface area contributed by atoms with E-state index in [1.165, 1.54) is 12.0 Å². The molecule has 3 rings (SSSR count). The van der Waals surface area contributed by atoms with E-state index in [4.69, 9.17) is 4.74 Å². The molecule has 2 saturated heterocycles. The van der Waals surface area contributed by atoms with Crippen LogP contribution in [0.4, 0.5) is 0 Å². The number of carbonyl (C=O) groups is 1. The van der Waals surface area contributed by atoms with Gasteiger partial charge in [0.1, 0.15) is 6.10 Å². The highest BCUT2D eigenvalue weighted by Crippen LogP contribution is 2.25. The number of halogens is 1. The maximum atomic E-state index is 12.5. The molecular formula is C14H21ClN2O2S. The van der Waals surface area contributed by atoms with Crippen LogP contribution in [0.2, 0.25) is 0 Å². The Morgan fingerprint density at radius 1 is 1.45 bits per heavy atom. The third-order valence-corrected chi connectivity index (χ3v) is 4.60. The van der Waals surface area contributed by atoms with Crippen LogP contribution in [0.15, 0.2) is 16.8 Å². The molecular weight excluding hydrogens is 296 g/mol. The molecule has 0 spiro atoms. The fourth-order valence-electron chi connectivity index (χ4n) is 2.79. The van der Waals surface area contributed by atoms with Gasteiger partial charge in [-0.15, -0.1) is 12.4 Å². The highest BCUT2D eigenvalue weighted by Gasteiger charge is 2.30. The molecule has 0 saturated carbocycles. The van der Waals surface area contributed by atoms with Gasteiger partial charge in [0.05, 0.1) is 19.2 Å². The zero-order valence-electron chi connectivity index (χ0n) is 11.4. The van der Waals surface area contributed by atoms with Crippen LogP contribution in [-0.4, -0.2) is 43.1 Å². The van der Waals surface area contributed by atoms with Crippen LogP contribution in [0.3, 0.4) is 0 Å². The summed E-state index contributed by atoms with van der Waals surface area (Å²) in [4.78, 5) is 14.4. The quantitative estimate of drug-likeness (QED) is 0.909. The van der Waals surface area contributed by atoms with Crippen molar-refractivity contribution in [3.8, 4) is 0 Å². The Hall–Kier alpha value is -0.620. The summed E-state index contributed by atoms with van der Waals surface area (Å²) in [7, 11) is 0. The van der Waals surface area contributed by atoms with Crippen molar-refractivity contribution in [2.24, 2.45) is 0 Å². The Labute approximate surface area is 129 Å². The van der Waals surface area contributed by atoms with E-state index in [-0.39, 0.29) is 30.5 Å². The summed E-state index contributed by atoms with van der Waals surface area (Å²) in [6.45, 7) is 3.01. The molecule has 2 unspecified atom stereocenters. The van der Waals surface area contributed by atoms with Gasteiger partial charge in [-0.1, -0.05) is 6.42 Å². The van der Waals surface area contributed by atoms with Gasteiger partial charge in [-0.25, -0.2) is 0 Å². The lowest BCUT2D eigenvalue weighted by molar-refractivity contribution is -0.141. The van der Waals surface area contributed by atoms with Crippen LogP contribution in [0.5, 0.6) is 0 Å². The molecule has 3 heterocycles. The molecule has 1 aromatic rings.